The quantitative estimate of drug-likeness (QED) is 0.576. The van der Waals surface area contributed by atoms with Crippen LogP contribution in [-0.2, 0) is 11.3 Å². The lowest BCUT2D eigenvalue weighted by Gasteiger charge is -2.03. The number of primary amides is 1. The third-order valence-electron chi connectivity index (χ3n) is 1.75. The summed E-state index contributed by atoms with van der Waals surface area (Å²) in [6.45, 7) is 3.44. The van der Waals surface area contributed by atoms with Crippen LogP contribution in [0.5, 0.6) is 0 Å². The second-order valence-corrected chi connectivity index (χ2v) is 2.82. The van der Waals surface area contributed by atoms with Gasteiger partial charge in [0.1, 0.15) is 6.61 Å². The molecule has 6 heteroatoms. The fourth-order valence-corrected chi connectivity index (χ4v) is 0.996. The van der Waals surface area contributed by atoms with Crippen molar-refractivity contribution in [3.63, 3.8) is 0 Å². The molecule has 78 valence electrons. The largest absolute Gasteiger partial charge is 0.448 e. The van der Waals surface area contributed by atoms with Crippen molar-refractivity contribution in [3.8, 4) is 0 Å². The van der Waals surface area contributed by atoms with Crippen molar-refractivity contribution in [2.45, 2.75) is 13.5 Å². The first-order valence-electron chi connectivity index (χ1n) is 4.32. The summed E-state index contributed by atoms with van der Waals surface area (Å²) >= 11 is 0. The van der Waals surface area contributed by atoms with Crippen molar-refractivity contribution in [2.75, 3.05) is 13.2 Å². The zero-order chi connectivity index (χ0) is 10.4. The molecule has 6 nitrogen and oxygen atoms in total. The molecule has 0 saturated heterocycles. The summed E-state index contributed by atoms with van der Waals surface area (Å²) in [6, 6.07) is 0. The maximum absolute atomic E-state index is 10.2. The zero-order valence-corrected chi connectivity index (χ0v) is 8.04. The smallest absolute Gasteiger partial charge is 0.404 e. The lowest BCUT2D eigenvalue weighted by Crippen LogP contribution is -2.23. The molecule has 1 heterocycles. The summed E-state index contributed by atoms with van der Waals surface area (Å²) in [6.07, 6.45) is 0.898. The number of hydrogen-bond donors (Lipinski definition) is 3. The predicted octanol–water partition coefficient (Wildman–Crippen LogP) is -0.0970. The maximum atomic E-state index is 10.2. The second kappa shape index (κ2) is 5.23. The van der Waals surface area contributed by atoms with Crippen LogP contribution >= 0.6 is 0 Å². The molecule has 1 rings (SSSR count). The fourth-order valence-electron chi connectivity index (χ4n) is 0.996. The summed E-state index contributed by atoms with van der Waals surface area (Å²) in [4.78, 5) is 17.3. The predicted molar refractivity (Wildman–Crippen MR) is 50.6 cm³/mol. The van der Waals surface area contributed by atoms with Gasteiger partial charge in [-0.15, -0.1) is 0 Å². The van der Waals surface area contributed by atoms with Crippen LogP contribution in [0.3, 0.4) is 0 Å². The number of aromatic amines is 1. The third kappa shape index (κ3) is 3.44. The van der Waals surface area contributed by atoms with Gasteiger partial charge in [0.2, 0.25) is 0 Å². The number of amides is 1. The van der Waals surface area contributed by atoms with E-state index in [2.05, 4.69) is 20.0 Å². The number of aromatic nitrogens is 2. The number of rotatable bonds is 5. The average molecular weight is 198 g/mol. The molecule has 0 aliphatic rings. The van der Waals surface area contributed by atoms with Crippen LogP contribution in [0.2, 0.25) is 0 Å². The Morgan fingerprint density at radius 3 is 3.14 bits per heavy atom. The molecule has 4 N–H and O–H groups in total. The Morgan fingerprint density at radius 2 is 2.57 bits per heavy atom. The first-order chi connectivity index (χ1) is 6.70. The minimum Gasteiger partial charge on any atom is -0.448 e. The van der Waals surface area contributed by atoms with Crippen LogP contribution < -0.4 is 11.1 Å². The topological polar surface area (TPSA) is 93.0 Å². The van der Waals surface area contributed by atoms with E-state index in [1.807, 2.05) is 6.92 Å². The fraction of sp³-hybridized carbons (Fsp3) is 0.500. The summed E-state index contributed by atoms with van der Waals surface area (Å²) < 4.78 is 4.54. The van der Waals surface area contributed by atoms with Crippen molar-refractivity contribution in [1.29, 1.82) is 0 Å². The highest BCUT2D eigenvalue weighted by molar-refractivity contribution is 5.64. The van der Waals surface area contributed by atoms with E-state index in [1.165, 1.54) is 0 Å². The van der Waals surface area contributed by atoms with Crippen LogP contribution in [-0.4, -0.2) is 29.2 Å². The molecule has 0 radical (unpaired) electrons. The highest BCUT2D eigenvalue weighted by Gasteiger charge is 1.99. The average Bonchev–Trinajstić information content (AvgIpc) is 2.51. The van der Waals surface area contributed by atoms with Gasteiger partial charge < -0.3 is 20.8 Å². The first kappa shape index (κ1) is 10.5. The molecule has 14 heavy (non-hydrogen) atoms. The maximum Gasteiger partial charge on any atom is 0.404 e. The van der Waals surface area contributed by atoms with Gasteiger partial charge in [-0.25, -0.2) is 9.78 Å². The molecule has 0 atom stereocenters. The van der Waals surface area contributed by atoms with Gasteiger partial charge in [0.05, 0.1) is 12.0 Å². The minimum atomic E-state index is -0.747. The summed E-state index contributed by atoms with van der Waals surface area (Å²) in [5, 5.41) is 3.07. The minimum absolute atomic E-state index is 0.277. The van der Waals surface area contributed by atoms with Crippen molar-refractivity contribution < 1.29 is 9.53 Å². The van der Waals surface area contributed by atoms with Gasteiger partial charge in [-0.05, 0) is 6.92 Å². The summed E-state index contributed by atoms with van der Waals surface area (Å²) in [7, 11) is 0. The molecule has 0 aliphatic carbocycles. The highest BCUT2D eigenvalue weighted by atomic mass is 16.5. The highest BCUT2D eigenvalue weighted by Crippen LogP contribution is 1.98. The Labute approximate surface area is 81.8 Å². The Hall–Kier alpha value is -1.56. The van der Waals surface area contributed by atoms with E-state index in [0.717, 1.165) is 11.4 Å². The van der Waals surface area contributed by atoms with Crippen molar-refractivity contribution in [2.24, 2.45) is 5.73 Å². The lowest BCUT2D eigenvalue weighted by molar-refractivity contribution is 0.157. The Balaban J connectivity index is 2.10. The van der Waals surface area contributed by atoms with E-state index in [-0.39, 0.29) is 6.61 Å². The van der Waals surface area contributed by atoms with Gasteiger partial charge in [0, 0.05) is 18.8 Å². The Morgan fingerprint density at radius 1 is 1.79 bits per heavy atom. The van der Waals surface area contributed by atoms with Gasteiger partial charge >= 0.3 is 6.09 Å². The van der Waals surface area contributed by atoms with Gasteiger partial charge in [-0.2, -0.15) is 0 Å². The molecule has 1 amide bonds. The van der Waals surface area contributed by atoms with Crippen molar-refractivity contribution in [1.82, 2.24) is 15.3 Å². The number of hydrogen-bond acceptors (Lipinski definition) is 4. The first-order valence-corrected chi connectivity index (χ1v) is 4.32. The molecule has 1 aromatic rings. The zero-order valence-electron chi connectivity index (χ0n) is 8.04. The van der Waals surface area contributed by atoms with E-state index < -0.39 is 6.09 Å². The summed E-state index contributed by atoms with van der Waals surface area (Å²) in [5.74, 6) is 0. The molecular weight excluding hydrogens is 184 g/mol. The SMILES string of the molecule is Cc1[nH]cnc1CNCCOC(N)=O. The number of aryl methyl sites for hydroxylation is 1. The molecule has 0 aliphatic heterocycles. The van der Waals surface area contributed by atoms with E-state index >= 15 is 0 Å². The molecule has 0 spiro atoms. The molecule has 1 aromatic heterocycles. The molecule has 0 saturated carbocycles. The van der Waals surface area contributed by atoms with Gasteiger partial charge in [0.25, 0.3) is 0 Å². The van der Waals surface area contributed by atoms with Crippen LogP contribution in [0.1, 0.15) is 11.4 Å². The van der Waals surface area contributed by atoms with Gasteiger partial charge in [-0.1, -0.05) is 0 Å². The summed E-state index contributed by atoms with van der Waals surface area (Å²) in [5.41, 5.74) is 6.78. The normalized spacial score (nSPS) is 10.1. The number of nitrogens with one attached hydrogen (secondary N) is 2. The van der Waals surface area contributed by atoms with Gasteiger partial charge in [0.15, 0.2) is 0 Å². The van der Waals surface area contributed by atoms with Crippen LogP contribution in [0.4, 0.5) is 4.79 Å². The number of H-pyrrole nitrogens is 1. The number of carbonyl (C=O) groups excluding carboxylic acids is 1. The molecule has 0 unspecified atom stereocenters. The third-order valence-corrected chi connectivity index (χ3v) is 1.75. The van der Waals surface area contributed by atoms with E-state index in [1.54, 1.807) is 6.33 Å². The molecule has 0 aromatic carbocycles. The number of carbonyl (C=O) groups is 1. The Bertz CT molecular complexity index is 297. The molecular formula is C8H14N4O2. The van der Waals surface area contributed by atoms with E-state index in [9.17, 15) is 4.79 Å². The number of ether oxygens (including phenoxy) is 1. The van der Waals surface area contributed by atoms with Crippen LogP contribution in [0.15, 0.2) is 6.33 Å². The van der Waals surface area contributed by atoms with Crippen molar-refractivity contribution >= 4 is 6.09 Å². The van der Waals surface area contributed by atoms with Crippen LogP contribution in [0.25, 0.3) is 0 Å². The number of nitrogens with two attached hydrogens (primary N) is 1. The standard InChI is InChI=1S/C8H14N4O2/c1-6-7(12-5-11-6)4-10-2-3-14-8(9)13/h5,10H,2-4H2,1H3,(H2,9,13)(H,11,12). The monoisotopic (exact) mass is 198 g/mol. The van der Waals surface area contributed by atoms with E-state index in [4.69, 9.17) is 5.73 Å². The number of nitrogens with zero attached hydrogens (tertiary/aromatic N) is 1. The lowest BCUT2D eigenvalue weighted by atomic mass is 10.3. The van der Waals surface area contributed by atoms with Crippen molar-refractivity contribution in [3.05, 3.63) is 17.7 Å². The van der Waals surface area contributed by atoms with Crippen LogP contribution in [0, 0.1) is 6.92 Å². The second-order valence-electron chi connectivity index (χ2n) is 2.82. The van der Waals surface area contributed by atoms with Gasteiger partial charge in [-0.3, -0.25) is 0 Å². The Kier molecular flexibility index (Phi) is 3.93. The molecule has 0 bridgehead atoms. The van der Waals surface area contributed by atoms with E-state index in [0.29, 0.717) is 13.1 Å². The number of imidazole rings is 1. The molecule has 0 fully saturated rings.